The number of piperidine rings is 1. The molecule has 33 heavy (non-hydrogen) atoms. The number of likely N-dealkylation sites (tertiary alicyclic amines) is 1. The number of fused-ring (bicyclic) bond motifs is 1. The smallest absolute Gasteiger partial charge is 0.410 e. The molecule has 0 radical (unpaired) electrons. The molecular formula is C22H22F2N6O3. The van der Waals surface area contributed by atoms with Gasteiger partial charge in [-0.15, -0.1) is 0 Å². The molecule has 0 unspecified atom stereocenters. The lowest BCUT2D eigenvalue weighted by Crippen LogP contribution is -2.42. The first-order valence-corrected chi connectivity index (χ1v) is 10.4. The normalized spacial score (nSPS) is 14.8. The van der Waals surface area contributed by atoms with Gasteiger partial charge >= 0.3 is 6.09 Å². The van der Waals surface area contributed by atoms with Gasteiger partial charge in [0, 0.05) is 13.1 Å². The molecule has 0 bridgehead atoms. The molecule has 0 aliphatic carbocycles. The first-order valence-electron chi connectivity index (χ1n) is 10.4. The number of benzene rings is 1. The molecule has 1 saturated heterocycles. The van der Waals surface area contributed by atoms with Gasteiger partial charge in [0.1, 0.15) is 23.4 Å². The molecule has 0 saturated carbocycles. The number of nitrogens with zero attached hydrogens (tertiary/aromatic N) is 6. The number of hydrogen-bond acceptors (Lipinski definition) is 7. The molecule has 172 valence electrons. The summed E-state index contributed by atoms with van der Waals surface area (Å²) in [4.78, 5) is 22.3. The van der Waals surface area contributed by atoms with Crippen LogP contribution in [-0.4, -0.2) is 49.4 Å². The molecule has 3 heterocycles. The minimum absolute atomic E-state index is 0.0375. The van der Waals surface area contributed by atoms with E-state index in [9.17, 15) is 18.8 Å². The van der Waals surface area contributed by atoms with E-state index in [0.29, 0.717) is 37.0 Å². The van der Waals surface area contributed by atoms with Crippen LogP contribution in [0.25, 0.3) is 11.0 Å². The summed E-state index contributed by atoms with van der Waals surface area (Å²) in [5.74, 6) is -3.00. The number of carbonyl (C=O) groups excluding carboxylic acids is 1. The molecule has 0 spiro atoms. The van der Waals surface area contributed by atoms with Crippen molar-refractivity contribution in [3.05, 3.63) is 41.9 Å². The van der Waals surface area contributed by atoms with Crippen molar-refractivity contribution in [2.75, 3.05) is 13.1 Å². The van der Waals surface area contributed by atoms with Crippen LogP contribution in [0.2, 0.25) is 0 Å². The molecule has 0 atom stereocenters. The molecule has 2 aromatic heterocycles. The van der Waals surface area contributed by atoms with Crippen LogP contribution in [-0.2, 0) is 4.74 Å². The van der Waals surface area contributed by atoms with Crippen LogP contribution in [0.4, 0.5) is 13.6 Å². The molecular weight excluding hydrogens is 434 g/mol. The maximum absolute atomic E-state index is 14.3. The van der Waals surface area contributed by atoms with Crippen molar-refractivity contribution in [2.24, 2.45) is 0 Å². The SMILES string of the molecule is CC(C)(C)OC(=O)N1CCC(n2ncc3c(Oc4c(C#N)ccc(F)c4F)ncnc32)CC1. The van der Waals surface area contributed by atoms with Crippen molar-refractivity contribution in [2.45, 2.75) is 45.3 Å². The fourth-order valence-electron chi connectivity index (χ4n) is 3.63. The highest BCUT2D eigenvalue weighted by Gasteiger charge is 2.29. The van der Waals surface area contributed by atoms with Gasteiger partial charge in [-0.3, -0.25) is 0 Å². The summed E-state index contributed by atoms with van der Waals surface area (Å²) in [6.45, 7) is 6.46. The van der Waals surface area contributed by atoms with Crippen molar-refractivity contribution in [3.63, 3.8) is 0 Å². The van der Waals surface area contributed by atoms with Crippen LogP contribution in [0, 0.1) is 23.0 Å². The Hall–Kier alpha value is -3.81. The fourth-order valence-corrected chi connectivity index (χ4v) is 3.63. The van der Waals surface area contributed by atoms with E-state index < -0.39 is 23.0 Å². The predicted octanol–water partition coefficient (Wildman–Crippen LogP) is 4.34. The molecule has 3 aromatic rings. The Morgan fingerprint density at radius 1 is 1.21 bits per heavy atom. The van der Waals surface area contributed by atoms with Crippen LogP contribution in [0.15, 0.2) is 24.7 Å². The minimum atomic E-state index is -1.28. The molecule has 1 aromatic carbocycles. The quantitative estimate of drug-likeness (QED) is 0.577. The Morgan fingerprint density at radius 3 is 2.61 bits per heavy atom. The van der Waals surface area contributed by atoms with E-state index >= 15 is 0 Å². The number of amides is 1. The summed E-state index contributed by atoms with van der Waals surface area (Å²) < 4.78 is 40.6. The Kier molecular flexibility index (Phi) is 5.84. The second-order valence-electron chi connectivity index (χ2n) is 8.66. The summed E-state index contributed by atoms with van der Waals surface area (Å²) in [5.41, 5.74) is -0.278. The zero-order valence-electron chi connectivity index (χ0n) is 18.4. The lowest BCUT2D eigenvalue weighted by atomic mass is 10.1. The summed E-state index contributed by atoms with van der Waals surface area (Å²) in [6, 6.07) is 3.73. The highest BCUT2D eigenvalue weighted by atomic mass is 19.2. The van der Waals surface area contributed by atoms with Crippen molar-refractivity contribution in [1.29, 1.82) is 5.26 Å². The van der Waals surface area contributed by atoms with Crippen molar-refractivity contribution in [3.8, 4) is 17.7 Å². The minimum Gasteiger partial charge on any atom is -0.444 e. The number of halogens is 2. The van der Waals surface area contributed by atoms with E-state index in [1.165, 1.54) is 12.5 Å². The Labute approximate surface area is 188 Å². The van der Waals surface area contributed by atoms with E-state index in [2.05, 4.69) is 15.1 Å². The third-order valence-corrected chi connectivity index (χ3v) is 5.19. The van der Waals surface area contributed by atoms with Crippen LogP contribution < -0.4 is 4.74 Å². The summed E-state index contributed by atoms with van der Waals surface area (Å²) in [5, 5.41) is 14.0. The second kappa shape index (κ2) is 8.61. The Balaban J connectivity index is 1.55. The molecule has 0 N–H and O–H groups in total. The summed E-state index contributed by atoms with van der Waals surface area (Å²) in [6.07, 6.45) is 3.62. The molecule has 11 heteroatoms. The number of rotatable bonds is 3. The highest BCUT2D eigenvalue weighted by Crippen LogP contribution is 2.33. The predicted molar refractivity (Wildman–Crippen MR) is 113 cm³/mol. The van der Waals surface area contributed by atoms with Crippen LogP contribution in [0.3, 0.4) is 0 Å². The van der Waals surface area contributed by atoms with Gasteiger partial charge in [0.05, 0.1) is 17.8 Å². The van der Waals surface area contributed by atoms with Gasteiger partial charge in [0.25, 0.3) is 0 Å². The van der Waals surface area contributed by atoms with Crippen molar-refractivity contribution in [1.82, 2.24) is 24.6 Å². The largest absolute Gasteiger partial charge is 0.444 e. The standard InChI is InChI=1S/C22H22F2N6O3/c1-22(2,3)33-21(31)29-8-6-14(7-9-29)30-19-15(11-28-30)20(27-12-26-19)32-18-13(10-25)4-5-16(23)17(18)24/h4-5,11-12,14H,6-9H2,1-3H3. The first-order chi connectivity index (χ1) is 15.7. The highest BCUT2D eigenvalue weighted by molar-refractivity contribution is 5.80. The lowest BCUT2D eigenvalue weighted by Gasteiger charge is -2.33. The first kappa shape index (κ1) is 22.4. The van der Waals surface area contributed by atoms with E-state index in [-0.39, 0.29) is 23.6 Å². The Morgan fingerprint density at radius 2 is 1.94 bits per heavy atom. The number of ether oxygens (including phenoxy) is 2. The average molecular weight is 456 g/mol. The van der Waals surface area contributed by atoms with Gasteiger partial charge in [0.2, 0.25) is 11.7 Å². The van der Waals surface area contributed by atoms with Crippen LogP contribution in [0.1, 0.15) is 45.2 Å². The summed E-state index contributed by atoms with van der Waals surface area (Å²) in [7, 11) is 0. The monoisotopic (exact) mass is 456 g/mol. The van der Waals surface area contributed by atoms with Crippen LogP contribution in [0.5, 0.6) is 11.6 Å². The Bertz CT molecular complexity index is 1240. The topological polar surface area (TPSA) is 106 Å². The number of aromatic nitrogens is 4. The van der Waals surface area contributed by atoms with E-state index in [1.807, 2.05) is 20.8 Å². The number of nitriles is 1. The molecule has 1 aliphatic heterocycles. The second-order valence-corrected chi connectivity index (χ2v) is 8.66. The molecule has 1 amide bonds. The average Bonchev–Trinajstić information content (AvgIpc) is 3.21. The number of hydrogen-bond donors (Lipinski definition) is 0. The van der Waals surface area contributed by atoms with E-state index in [0.717, 1.165) is 12.1 Å². The molecule has 4 rings (SSSR count). The third-order valence-electron chi connectivity index (χ3n) is 5.19. The lowest BCUT2D eigenvalue weighted by molar-refractivity contribution is 0.0186. The van der Waals surface area contributed by atoms with Crippen molar-refractivity contribution >= 4 is 17.1 Å². The van der Waals surface area contributed by atoms with Crippen LogP contribution >= 0.6 is 0 Å². The van der Waals surface area contributed by atoms with Crippen molar-refractivity contribution < 1.29 is 23.0 Å². The van der Waals surface area contributed by atoms with Gasteiger partial charge < -0.3 is 14.4 Å². The molecule has 1 fully saturated rings. The van der Waals surface area contributed by atoms with E-state index in [4.69, 9.17) is 9.47 Å². The van der Waals surface area contributed by atoms with Gasteiger partial charge in [-0.25, -0.2) is 23.8 Å². The number of carbonyl (C=O) groups is 1. The van der Waals surface area contributed by atoms with Gasteiger partial charge in [-0.2, -0.15) is 14.8 Å². The zero-order chi connectivity index (χ0) is 23.8. The van der Waals surface area contributed by atoms with Gasteiger partial charge in [-0.1, -0.05) is 0 Å². The maximum Gasteiger partial charge on any atom is 0.410 e. The molecule has 9 nitrogen and oxygen atoms in total. The van der Waals surface area contributed by atoms with E-state index in [1.54, 1.807) is 15.7 Å². The summed E-state index contributed by atoms with van der Waals surface area (Å²) >= 11 is 0. The zero-order valence-corrected chi connectivity index (χ0v) is 18.4. The molecule has 1 aliphatic rings. The maximum atomic E-state index is 14.3. The fraction of sp³-hybridized carbons (Fsp3) is 0.409. The van der Waals surface area contributed by atoms with Gasteiger partial charge in [0.15, 0.2) is 17.2 Å². The van der Waals surface area contributed by atoms with Gasteiger partial charge in [-0.05, 0) is 45.7 Å². The third kappa shape index (κ3) is 4.55.